The molecule has 3 rings (SSSR count). The maximum Gasteiger partial charge on any atom is 0.255 e. The number of nitrogens with one attached hydrogen (secondary N) is 1. The molecule has 4 nitrogen and oxygen atoms in total. The van der Waals surface area contributed by atoms with E-state index < -0.39 is 0 Å². The summed E-state index contributed by atoms with van der Waals surface area (Å²) in [6, 6.07) is 14.5. The summed E-state index contributed by atoms with van der Waals surface area (Å²) in [6.07, 6.45) is 1.77. The Morgan fingerprint density at radius 3 is 2.62 bits per heavy atom. The predicted octanol–water partition coefficient (Wildman–Crippen LogP) is 3.64. The van der Waals surface area contributed by atoms with Gasteiger partial charge in [0, 0.05) is 34.1 Å². The van der Waals surface area contributed by atoms with Crippen molar-refractivity contribution in [1.82, 2.24) is 4.98 Å². The van der Waals surface area contributed by atoms with Crippen LogP contribution in [0.25, 0.3) is 10.6 Å². The van der Waals surface area contributed by atoms with Crippen LogP contribution in [0.5, 0.6) is 0 Å². The number of amides is 1. The molecule has 0 aliphatic carbocycles. The van der Waals surface area contributed by atoms with E-state index in [0.29, 0.717) is 11.3 Å². The fourth-order valence-corrected chi connectivity index (χ4v) is 2.59. The molecular weight excluding hydrogens is 282 g/mol. The van der Waals surface area contributed by atoms with Crippen molar-refractivity contribution in [3.05, 3.63) is 65.7 Å². The van der Waals surface area contributed by atoms with Crippen LogP contribution >= 0.6 is 11.3 Å². The molecule has 3 aromatic rings. The van der Waals surface area contributed by atoms with Gasteiger partial charge in [0.15, 0.2) is 0 Å². The molecule has 0 aliphatic rings. The van der Waals surface area contributed by atoms with E-state index in [4.69, 9.17) is 5.73 Å². The number of thiazole rings is 1. The molecule has 0 unspecified atom stereocenters. The number of carbonyl (C=O) groups excluding carboxylic acids is 1. The lowest BCUT2D eigenvalue weighted by Crippen LogP contribution is -2.11. The van der Waals surface area contributed by atoms with E-state index in [9.17, 15) is 4.79 Å². The Kier molecular flexibility index (Phi) is 3.66. The molecular formula is C16H13N3OS. The maximum absolute atomic E-state index is 12.1. The van der Waals surface area contributed by atoms with Crippen molar-refractivity contribution >= 4 is 28.6 Å². The second kappa shape index (κ2) is 5.76. The minimum absolute atomic E-state index is 0.177. The maximum atomic E-state index is 12.1. The summed E-state index contributed by atoms with van der Waals surface area (Å²) in [4.78, 5) is 16.4. The largest absolute Gasteiger partial charge is 0.399 e. The number of rotatable bonds is 3. The van der Waals surface area contributed by atoms with E-state index >= 15 is 0 Å². The lowest BCUT2D eigenvalue weighted by atomic mass is 10.1. The van der Waals surface area contributed by atoms with Crippen molar-refractivity contribution in [3.63, 3.8) is 0 Å². The fraction of sp³-hybridized carbons (Fsp3) is 0. The number of nitrogens with zero attached hydrogens (tertiary/aromatic N) is 1. The van der Waals surface area contributed by atoms with E-state index in [0.717, 1.165) is 16.3 Å². The molecule has 0 radical (unpaired) electrons. The van der Waals surface area contributed by atoms with E-state index in [1.165, 1.54) is 0 Å². The molecule has 104 valence electrons. The van der Waals surface area contributed by atoms with Crippen LogP contribution in [-0.4, -0.2) is 10.9 Å². The monoisotopic (exact) mass is 295 g/mol. The molecule has 0 fully saturated rings. The summed E-state index contributed by atoms with van der Waals surface area (Å²) in [5.74, 6) is -0.177. The van der Waals surface area contributed by atoms with Gasteiger partial charge < -0.3 is 11.1 Å². The quantitative estimate of drug-likeness (QED) is 0.725. The van der Waals surface area contributed by atoms with Crippen LogP contribution in [0.2, 0.25) is 0 Å². The number of nitrogen functional groups attached to an aromatic ring is 1. The van der Waals surface area contributed by atoms with Crippen molar-refractivity contribution < 1.29 is 4.79 Å². The number of hydrogen-bond donors (Lipinski definition) is 2. The first kappa shape index (κ1) is 13.3. The first-order valence-corrected chi connectivity index (χ1v) is 7.27. The molecule has 3 N–H and O–H groups in total. The number of anilines is 2. The molecule has 0 atom stereocenters. The van der Waals surface area contributed by atoms with Crippen molar-refractivity contribution in [2.45, 2.75) is 0 Å². The minimum atomic E-state index is -0.177. The Morgan fingerprint density at radius 1 is 1.14 bits per heavy atom. The average Bonchev–Trinajstić information content (AvgIpc) is 3.02. The Labute approximate surface area is 126 Å². The third-order valence-electron chi connectivity index (χ3n) is 2.97. The Morgan fingerprint density at radius 2 is 1.95 bits per heavy atom. The minimum Gasteiger partial charge on any atom is -0.399 e. The Hall–Kier alpha value is -2.66. The zero-order valence-corrected chi connectivity index (χ0v) is 11.9. The highest BCUT2D eigenvalue weighted by Crippen LogP contribution is 2.23. The van der Waals surface area contributed by atoms with Gasteiger partial charge in [0.25, 0.3) is 5.91 Å². The van der Waals surface area contributed by atoms with Gasteiger partial charge in [-0.25, -0.2) is 4.98 Å². The molecule has 0 aliphatic heterocycles. The topological polar surface area (TPSA) is 68.0 Å². The second-order valence-electron chi connectivity index (χ2n) is 4.49. The second-order valence-corrected chi connectivity index (χ2v) is 5.39. The standard InChI is InChI=1S/C16H13N3OS/c17-13-3-1-2-12(10-13)15(20)19-14-6-4-11(5-7-14)16-18-8-9-21-16/h1-10H,17H2,(H,19,20). The third kappa shape index (κ3) is 3.09. The van der Waals surface area contributed by atoms with Crippen LogP contribution in [0, 0.1) is 0 Å². The molecule has 1 heterocycles. The Bertz CT molecular complexity index is 751. The zero-order valence-electron chi connectivity index (χ0n) is 11.1. The summed E-state index contributed by atoms with van der Waals surface area (Å²) in [6.45, 7) is 0. The van der Waals surface area contributed by atoms with Crippen LogP contribution in [0.3, 0.4) is 0 Å². The van der Waals surface area contributed by atoms with Crippen molar-refractivity contribution in [2.75, 3.05) is 11.1 Å². The van der Waals surface area contributed by atoms with Gasteiger partial charge in [-0.05, 0) is 42.5 Å². The fourth-order valence-electron chi connectivity index (χ4n) is 1.95. The van der Waals surface area contributed by atoms with Gasteiger partial charge in [0.1, 0.15) is 5.01 Å². The molecule has 0 saturated carbocycles. The van der Waals surface area contributed by atoms with Crippen LogP contribution in [-0.2, 0) is 0 Å². The number of aromatic nitrogens is 1. The van der Waals surface area contributed by atoms with Crippen molar-refractivity contribution in [3.8, 4) is 10.6 Å². The molecule has 0 saturated heterocycles. The molecule has 2 aromatic carbocycles. The molecule has 5 heteroatoms. The highest BCUT2D eigenvalue weighted by atomic mass is 32.1. The summed E-state index contributed by atoms with van der Waals surface area (Å²) >= 11 is 1.58. The van der Waals surface area contributed by atoms with Gasteiger partial charge in [0.2, 0.25) is 0 Å². The highest BCUT2D eigenvalue weighted by Gasteiger charge is 2.07. The van der Waals surface area contributed by atoms with Gasteiger partial charge in [-0.1, -0.05) is 6.07 Å². The molecule has 1 amide bonds. The van der Waals surface area contributed by atoms with Gasteiger partial charge in [-0.2, -0.15) is 0 Å². The molecule has 1 aromatic heterocycles. The van der Waals surface area contributed by atoms with Gasteiger partial charge >= 0.3 is 0 Å². The molecule has 0 bridgehead atoms. The van der Waals surface area contributed by atoms with Crippen LogP contribution in [0.1, 0.15) is 10.4 Å². The van der Waals surface area contributed by atoms with Crippen molar-refractivity contribution in [1.29, 1.82) is 0 Å². The average molecular weight is 295 g/mol. The first-order valence-electron chi connectivity index (χ1n) is 6.39. The zero-order chi connectivity index (χ0) is 14.7. The third-order valence-corrected chi connectivity index (χ3v) is 3.79. The number of carbonyl (C=O) groups is 1. The van der Waals surface area contributed by atoms with E-state index in [-0.39, 0.29) is 5.91 Å². The van der Waals surface area contributed by atoms with E-state index in [1.54, 1.807) is 41.8 Å². The Balaban J connectivity index is 1.75. The molecule has 21 heavy (non-hydrogen) atoms. The van der Waals surface area contributed by atoms with E-state index in [2.05, 4.69) is 10.3 Å². The van der Waals surface area contributed by atoms with Gasteiger partial charge in [-0.3, -0.25) is 4.79 Å². The summed E-state index contributed by atoms with van der Waals surface area (Å²) in [7, 11) is 0. The molecule has 0 spiro atoms. The lowest BCUT2D eigenvalue weighted by Gasteiger charge is -2.06. The summed E-state index contributed by atoms with van der Waals surface area (Å²) in [5, 5.41) is 5.74. The summed E-state index contributed by atoms with van der Waals surface area (Å²) in [5.41, 5.74) is 8.56. The van der Waals surface area contributed by atoms with E-state index in [1.807, 2.05) is 29.6 Å². The van der Waals surface area contributed by atoms with Crippen LogP contribution in [0.4, 0.5) is 11.4 Å². The highest BCUT2D eigenvalue weighted by molar-refractivity contribution is 7.13. The SMILES string of the molecule is Nc1cccc(C(=O)Nc2ccc(-c3nccs3)cc2)c1. The summed E-state index contributed by atoms with van der Waals surface area (Å²) < 4.78 is 0. The number of nitrogens with two attached hydrogens (primary N) is 1. The lowest BCUT2D eigenvalue weighted by molar-refractivity contribution is 0.102. The van der Waals surface area contributed by atoms with Crippen molar-refractivity contribution in [2.24, 2.45) is 0 Å². The number of hydrogen-bond acceptors (Lipinski definition) is 4. The first-order chi connectivity index (χ1) is 10.2. The van der Waals surface area contributed by atoms with Gasteiger partial charge in [0.05, 0.1) is 0 Å². The predicted molar refractivity (Wildman–Crippen MR) is 86.4 cm³/mol. The number of benzene rings is 2. The van der Waals surface area contributed by atoms with Crippen LogP contribution < -0.4 is 11.1 Å². The normalized spacial score (nSPS) is 10.3. The smallest absolute Gasteiger partial charge is 0.255 e. The van der Waals surface area contributed by atoms with Crippen LogP contribution in [0.15, 0.2) is 60.1 Å². The van der Waals surface area contributed by atoms with Gasteiger partial charge in [-0.15, -0.1) is 11.3 Å².